The van der Waals surface area contributed by atoms with Crippen molar-refractivity contribution in [2.45, 2.75) is 25.8 Å². The predicted molar refractivity (Wildman–Crippen MR) is 81.0 cm³/mol. The third-order valence-corrected chi connectivity index (χ3v) is 3.45. The number of nitrogens with zero attached hydrogens (tertiary/aromatic N) is 1. The number of hydrogen-bond acceptors (Lipinski definition) is 3. The van der Waals surface area contributed by atoms with Gasteiger partial charge < -0.3 is 16.0 Å². The van der Waals surface area contributed by atoms with Gasteiger partial charge in [0.05, 0.1) is 16.2 Å². The molecule has 0 aliphatic heterocycles. The Labute approximate surface area is 124 Å². The molecule has 0 bridgehead atoms. The van der Waals surface area contributed by atoms with Gasteiger partial charge in [-0.3, -0.25) is 9.59 Å². The molecule has 0 fully saturated rings. The summed E-state index contributed by atoms with van der Waals surface area (Å²) in [5.41, 5.74) is 5.72. The monoisotopic (exact) mass is 297 g/mol. The van der Waals surface area contributed by atoms with E-state index in [1.807, 2.05) is 6.92 Å². The molecule has 20 heavy (non-hydrogen) atoms. The van der Waals surface area contributed by atoms with Crippen LogP contribution in [0.4, 0.5) is 5.69 Å². The Hall–Kier alpha value is -1.59. The molecule has 0 radical (unpaired) electrons. The van der Waals surface area contributed by atoms with Gasteiger partial charge in [0, 0.05) is 19.7 Å². The highest BCUT2D eigenvalue weighted by Crippen LogP contribution is 2.24. The first-order valence-corrected chi connectivity index (χ1v) is 6.68. The topological polar surface area (TPSA) is 75.4 Å². The van der Waals surface area contributed by atoms with E-state index in [1.54, 1.807) is 39.2 Å². The fourth-order valence-electron chi connectivity index (χ4n) is 1.44. The van der Waals surface area contributed by atoms with Crippen molar-refractivity contribution >= 4 is 29.1 Å². The van der Waals surface area contributed by atoms with E-state index < -0.39 is 5.54 Å². The zero-order valence-corrected chi connectivity index (χ0v) is 12.9. The van der Waals surface area contributed by atoms with Gasteiger partial charge in [0.1, 0.15) is 0 Å². The summed E-state index contributed by atoms with van der Waals surface area (Å²) in [6.45, 7) is 3.47. The molecule has 1 unspecified atom stereocenters. The van der Waals surface area contributed by atoms with Crippen LogP contribution in [-0.4, -0.2) is 36.3 Å². The molecule has 6 heteroatoms. The molecule has 2 amide bonds. The van der Waals surface area contributed by atoms with Gasteiger partial charge in [-0.1, -0.05) is 18.5 Å². The van der Waals surface area contributed by atoms with Crippen LogP contribution in [0.3, 0.4) is 0 Å². The molecule has 1 aromatic rings. The summed E-state index contributed by atoms with van der Waals surface area (Å²) in [5.74, 6) is -0.500. The minimum atomic E-state index is -0.981. The summed E-state index contributed by atoms with van der Waals surface area (Å²) in [4.78, 5) is 25.4. The number of carbonyl (C=O) groups excluding carboxylic acids is 2. The number of anilines is 1. The maximum absolute atomic E-state index is 12.0. The quantitative estimate of drug-likeness (QED) is 0.893. The van der Waals surface area contributed by atoms with Gasteiger partial charge >= 0.3 is 0 Å². The Kier molecular flexibility index (Phi) is 5.14. The molecular weight excluding hydrogens is 278 g/mol. The van der Waals surface area contributed by atoms with Crippen molar-refractivity contribution in [2.75, 3.05) is 19.4 Å². The molecule has 0 spiro atoms. The zero-order chi connectivity index (χ0) is 15.5. The van der Waals surface area contributed by atoms with Gasteiger partial charge in [0.15, 0.2) is 0 Å². The van der Waals surface area contributed by atoms with Crippen LogP contribution >= 0.6 is 11.6 Å². The summed E-state index contributed by atoms with van der Waals surface area (Å²) in [5, 5.41) is 3.03. The molecule has 0 heterocycles. The molecule has 0 aromatic heterocycles. The minimum absolute atomic E-state index is 0.164. The number of halogens is 1. The van der Waals surface area contributed by atoms with Gasteiger partial charge in [-0.25, -0.2) is 0 Å². The van der Waals surface area contributed by atoms with E-state index in [4.69, 9.17) is 17.3 Å². The van der Waals surface area contributed by atoms with E-state index in [1.165, 1.54) is 4.90 Å². The van der Waals surface area contributed by atoms with Crippen molar-refractivity contribution in [3.63, 3.8) is 0 Å². The second kappa shape index (κ2) is 6.24. The summed E-state index contributed by atoms with van der Waals surface area (Å²) in [6.07, 6.45) is 0.493. The summed E-state index contributed by atoms with van der Waals surface area (Å²) in [7, 11) is 3.31. The normalized spacial score (nSPS) is 13.5. The summed E-state index contributed by atoms with van der Waals surface area (Å²) < 4.78 is 0. The highest BCUT2D eigenvalue weighted by molar-refractivity contribution is 6.34. The van der Waals surface area contributed by atoms with Crippen molar-refractivity contribution in [2.24, 2.45) is 5.73 Å². The van der Waals surface area contributed by atoms with Crippen LogP contribution in [0.1, 0.15) is 30.6 Å². The van der Waals surface area contributed by atoms with Crippen LogP contribution in [0.25, 0.3) is 0 Å². The number of amides is 2. The van der Waals surface area contributed by atoms with Gasteiger partial charge in [-0.2, -0.15) is 0 Å². The lowest BCUT2D eigenvalue weighted by Gasteiger charge is -2.22. The van der Waals surface area contributed by atoms with Crippen molar-refractivity contribution in [3.05, 3.63) is 28.8 Å². The van der Waals surface area contributed by atoms with Crippen LogP contribution in [-0.2, 0) is 4.79 Å². The van der Waals surface area contributed by atoms with E-state index >= 15 is 0 Å². The maximum atomic E-state index is 12.0. The van der Waals surface area contributed by atoms with Crippen molar-refractivity contribution in [3.8, 4) is 0 Å². The Morgan fingerprint density at radius 1 is 1.40 bits per heavy atom. The van der Waals surface area contributed by atoms with Crippen molar-refractivity contribution in [1.82, 2.24) is 4.90 Å². The Balaban J connectivity index is 3.04. The Morgan fingerprint density at radius 3 is 2.50 bits per heavy atom. The molecule has 0 aliphatic carbocycles. The van der Waals surface area contributed by atoms with Crippen LogP contribution in [0.2, 0.25) is 5.02 Å². The lowest BCUT2D eigenvalue weighted by Crippen LogP contribution is -2.47. The van der Waals surface area contributed by atoms with Gasteiger partial charge in [0.25, 0.3) is 5.91 Å². The van der Waals surface area contributed by atoms with Crippen LogP contribution in [0.15, 0.2) is 18.2 Å². The molecule has 0 aliphatic rings. The SMILES string of the molecule is CCC(C)(N)C(=O)Nc1cc(C(=O)N(C)C)ccc1Cl. The average Bonchev–Trinajstić information content (AvgIpc) is 2.40. The average molecular weight is 298 g/mol. The fourth-order valence-corrected chi connectivity index (χ4v) is 1.60. The number of nitrogens with two attached hydrogens (primary N) is 1. The second-order valence-corrected chi connectivity index (χ2v) is 5.53. The zero-order valence-electron chi connectivity index (χ0n) is 12.2. The number of nitrogens with one attached hydrogen (secondary N) is 1. The van der Waals surface area contributed by atoms with Crippen molar-refractivity contribution in [1.29, 1.82) is 0 Å². The maximum Gasteiger partial charge on any atom is 0.253 e. The lowest BCUT2D eigenvalue weighted by molar-refractivity contribution is -0.120. The molecule has 1 aromatic carbocycles. The van der Waals surface area contributed by atoms with Crippen LogP contribution in [0, 0.1) is 0 Å². The first kappa shape index (κ1) is 16.5. The van der Waals surface area contributed by atoms with E-state index in [0.717, 1.165) is 0 Å². The molecule has 0 saturated carbocycles. The number of benzene rings is 1. The highest BCUT2D eigenvalue weighted by Gasteiger charge is 2.26. The Bertz CT molecular complexity index is 527. The lowest BCUT2D eigenvalue weighted by atomic mass is 9.99. The van der Waals surface area contributed by atoms with Crippen LogP contribution in [0.5, 0.6) is 0 Å². The van der Waals surface area contributed by atoms with Crippen molar-refractivity contribution < 1.29 is 9.59 Å². The standard InChI is InChI=1S/C14H20ClN3O2/c1-5-14(2,16)13(20)17-11-8-9(6-7-10(11)15)12(19)18(3)4/h6-8H,5,16H2,1-4H3,(H,17,20). The second-order valence-electron chi connectivity index (χ2n) is 5.12. The summed E-state index contributed by atoms with van der Waals surface area (Å²) in [6, 6.07) is 4.74. The number of hydrogen-bond donors (Lipinski definition) is 2. The van der Waals surface area contributed by atoms with Gasteiger partial charge in [-0.15, -0.1) is 0 Å². The molecule has 1 atom stereocenters. The predicted octanol–water partition coefficient (Wildman–Crippen LogP) is 2.11. The van der Waals surface area contributed by atoms with E-state index in [0.29, 0.717) is 22.7 Å². The molecule has 110 valence electrons. The Morgan fingerprint density at radius 2 is 2.00 bits per heavy atom. The highest BCUT2D eigenvalue weighted by atomic mass is 35.5. The van der Waals surface area contributed by atoms with E-state index in [9.17, 15) is 9.59 Å². The molecule has 5 nitrogen and oxygen atoms in total. The van der Waals surface area contributed by atoms with Crippen LogP contribution < -0.4 is 11.1 Å². The largest absolute Gasteiger partial charge is 0.345 e. The number of rotatable bonds is 4. The molecule has 0 saturated heterocycles. The third kappa shape index (κ3) is 3.71. The first-order chi connectivity index (χ1) is 9.19. The molecule has 1 rings (SSSR count). The fraction of sp³-hybridized carbons (Fsp3) is 0.429. The van der Waals surface area contributed by atoms with Gasteiger partial charge in [-0.05, 0) is 31.5 Å². The molecule has 3 N–H and O–H groups in total. The minimum Gasteiger partial charge on any atom is -0.345 e. The van der Waals surface area contributed by atoms with E-state index in [2.05, 4.69) is 5.32 Å². The van der Waals surface area contributed by atoms with E-state index in [-0.39, 0.29) is 11.8 Å². The van der Waals surface area contributed by atoms with Gasteiger partial charge in [0.2, 0.25) is 5.91 Å². The molecular formula is C14H20ClN3O2. The third-order valence-electron chi connectivity index (χ3n) is 3.12. The first-order valence-electron chi connectivity index (χ1n) is 6.30. The smallest absolute Gasteiger partial charge is 0.253 e. The summed E-state index contributed by atoms with van der Waals surface area (Å²) >= 11 is 6.04. The number of carbonyl (C=O) groups is 2.